The summed E-state index contributed by atoms with van der Waals surface area (Å²) in [6.45, 7) is 8.48. The van der Waals surface area contributed by atoms with Gasteiger partial charge in [0.15, 0.2) is 6.23 Å². The van der Waals surface area contributed by atoms with Gasteiger partial charge in [-0.1, -0.05) is 0 Å². The van der Waals surface area contributed by atoms with Crippen molar-refractivity contribution in [1.29, 1.82) is 0 Å². The van der Waals surface area contributed by atoms with Crippen LogP contribution >= 0.6 is 0 Å². The van der Waals surface area contributed by atoms with E-state index in [-0.39, 0.29) is 6.23 Å². The van der Waals surface area contributed by atoms with E-state index in [0.29, 0.717) is 0 Å². The summed E-state index contributed by atoms with van der Waals surface area (Å²) in [5.41, 5.74) is 0. The molecule has 1 N–H and O–H groups in total. The Labute approximate surface area is 68.2 Å². The van der Waals surface area contributed by atoms with E-state index < -0.39 is 0 Å². The molecule has 1 fully saturated rings. The Morgan fingerprint density at radius 1 is 1.45 bits per heavy atom. The molecule has 1 rings (SSSR count). The Hall–Kier alpha value is -0.120. The molecule has 3 heteroatoms. The van der Waals surface area contributed by atoms with Crippen LogP contribution in [0.2, 0.25) is 0 Å². The third-order valence-corrected chi connectivity index (χ3v) is 2.78. The minimum atomic E-state index is -0.246. The molecule has 1 aliphatic heterocycles. The number of aliphatic hydroxyl groups excluding tert-OH is 1. The summed E-state index contributed by atoms with van der Waals surface area (Å²) < 4.78 is 6.06. The second-order valence-electron chi connectivity index (χ2n) is 3.23. The highest BCUT2D eigenvalue weighted by atomic mass is 16.5. The van der Waals surface area contributed by atoms with Crippen LogP contribution in [0.1, 0.15) is 13.8 Å². The summed E-state index contributed by atoms with van der Waals surface area (Å²) in [6, 6.07) is 0. The van der Waals surface area contributed by atoms with Crippen molar-refractivity contribution in [3.63, 3.8) is 0 Å². The third kappa shape index (κ3) is 1.72. The van der Waals surface area contributed by atoms with Crippen LogP contribution < -0.4 is 0 Å². The second kappa shape index (κ2) is 3.52. The molecule has 1 heterocycles. The van der Waals surface area contributed by atoms with Crippen molar-refractivity contribution in [2.24, 2.45) is 0 Å². The maximum absolute atomic E-state index is 9.54. The Morgan fingerprint density at radius 3 is 2.27 bits per heavy atom. The zero-order chi connectivity index (χ0) is 8.32. The van der Waals surface area contributed by atoms with Gasteiger partial charge in [-0.3, -0.25) is 4.48 Å². The molecule has 1 saturated heterocycles. The van der Waals surface area contributed by atoms with E-state index in [0.717, 1.165) is 37.3 Å². The molecule has 0 aliphatic carbocycles. The van der Waals surface area contributed by atoms with Crippen LogP contribution in [0, 0.1) is 0 Å². The molecule has 1 atom stereocenters. The quantitative estimate of drug-likeness (QED) is 0.584. The number of quaternary nitrogens is 1. The average Bonchev–Trinajstić information content (AvgIpc) is 2.05. The zero-order valence-corrected chi connectivity index (χ0v) is 7.42. The highest BCUT2D eigenvalue weighted by Crippen LogP contribution is 2.14. The molecule has 0 amide bonds. The topological polar surface area (TPSA) is 29.5 Å². The van der Waals surface area contributed by atoms with Gasteiger partial charge in [0.05, 0.1) is 19.8 Å². The number of hydrogen-bond donors (Lipinski definition) is 1. The van der Waals surface area contributed by atoms with Crippen LogP contribution in [0.5, 0.6) is 0 Å². The lowest BCUT2D eigenvalue weighted by molar-refractivity contribution is -0.973. The molecular weight excluding hydrogens is 142 g/mol. The van der Waals surface area contributed by atoms with E-state index in [2.05, 4.69) is 6.92 Å². The number of morpholine rings is 1. The molecule has 0 aromatic heterocycles. The fraction of sp³-hybridized carbons (Fsp3) is 1.00. The van der Waals surface area contributed by atoms with Crippen molar-refractivity contribution in [3.8, 4) is 0 Å². The maximum Gasteiger partial charge on any atom is 0.187 e. The summed E-state index contributed by atoms with van der Waals surface area (Å²) >= 11 is 0. The predicted molar refractivity (Wildman–Crippen MR) is 43.0 cm³/mol. The van der Waals surface area contributed by atoms with E-state index in [1.165, 1.54) is 0 Å². The Balaban J connectivity index is 2.57. The molecular formula is C8H18NO2+. The lowest BCUT2D eigenvalue weighted by Gasteiger charge is -2.42. The monoisotopic (exact) mass is 160 g/mol. The predicted octanol–water partition coefficient (Wildman–Crippen LogP) is 0.192. The van der Waals surface area contributed by atoms with Crippen LogP contribution in [0.4, 0.5) is 0 Å². The normalized spacial score (nSPS) is 26.5. The lowest BCUT2D eigenvalue weighted by atomic mass is 10.3. The molecule has 0 radical (unpaired) electrons. The number of nitrogens with zero attached hydrogens (tertiary/aromatic N) is 1. The van der Waals surface area contributed by atoms with Crippen molar-refractivity contribution in [2.75, 3.05) is 32.8 Å². The number of hydrogen-bond acceptors (Lipinski definition) is 2. The van der Waals surface area contributed by atoms with Crippen LogP contribution in [-0.2, 0) is 4.74 Å². The van der Waals surface area contributed by atoms with E-state index in [9.17, 15) is 5.11 Å². The number of rotatable bonds is 2. The van der Waals surface area contributed by atoms with Gasteiger partial charge in [0.2, 0.25) is 0 Å². The van der Waals surface area contributed by atoms with Gasteiger partial charge >= 0.3 is 0 Å². The summed E-state index contributed by atoms with van der Waals surface area (Å²) in [4.78, 5) is 0. The Morgan fingerprint density at radius 2 is 2.00 bits per heavy atom. The van der Waals surface area contributed by atoms with Crippen LogP contribution in [-0.4, -0.2) is 48.7 Å². The van der Waals surface area contributed by atoms with Crippen LogP contribution in [0.25, 0.3) is 0 Å². The maximum atomic E-state index is 9.54. The van der Waals surface area contributed by atoms with Gasteiger partial charge in [-0.05, 0) is 6.92 Å². The molecule has 66 valence electrons. The number of aliphatic hydroxyl groups is 1. The first-order valence-electron chi connectivity index (χ1n) is 4.33. The average molecular weight is 160 g/mol. The van der Waals surface area contributed by atoms with Crippen molar-refractivity contribution < 1.29 is 14.3 Å². The van der Waals surface area contributed by atoms with E-state index >= 15 is 0 Å². The SMILES string of the molecule is CC[N+]1(C(C)O)CCOCC1. The summed E-state index contributed by atoms with van der Waals surface area (Å²) in [5, 5.41) is 9.54. The van der Waals surface area contributed by atoms with E-state index in [1.807, 2.05) is 6.92 Å². The minimum Gasteiger partial charge on any atom is -0.370 e. The number of likely N-dealkylation sites (N-methyl/N-ethyl adjacent to an activating group) is 1. The van der Waals surface area contributed by atoms with Gasteiger partial charge in [0.25, 0.3) is 0 Å². The molecule has 3 nitrogen and oxygen atoms in total. The first-order chi connectivity index (χ1) is 5.21. The molecule has 0 saturated carbocycles. The molecule has 0 bridgehead atoms. The van der Waals surface area contributed by atoms with E-state index in [1.54, 1.807) is 0 Å². The fourth-order valence-electron chi connectivity index (χ4n) is 1.66. The van der Waals surface area contributed by atoms with Crippen molar-refractivity contribution >= 4 is 0 Å². The first kappa shape index (κ1) is 8.97. The Bertz CT molecular complexity index is 119. The molecule has 1 aliphatic rings. The van der Waals surface area contributed by atoms with Crippen molar-refractivity contribution in [3.05, 3.63) is 0 Å². The van der Waals surface area contributed by atoms with Crippen molar-refractivity contribution in [2.45, 2.75) is 20.1 Å². The standard InChI is InChI=1S/C8H18NO2/c1-3-9(8(2)10)4-6-11-7-5-9/h8,10H,3-7H2,1-2H3/q+1. The highest BCUT2D eigenvalue weighted by Gasteiger charge is 2.32. The van der Waals surface area contributed by atoms with Crippen LogP contribution in [0.3, 0.4) is 0 Å². The smallest absolute Gasteiger partial charge is 0.187 e. The lowest BCUT2D eigenvalue weighted by Crippen LogP contribution is -2.59. The summed E-state index contributed by atoms with van der Waals surface area (Å²) in [5.74, 6) is 0. The van der Waals surface area contributed by atoms with Gasteiger partial charge in [-0.25, -0.2) is 0 Å². The third-order valence-electron chi connectivity index (χ3n) is 2.78. The Kier molecular flexibility index (Phi) is 2.87. The highest BCUT2D eigenvalue weighted by molar-refractivity contribution is 4.49. The molecule has 11 heavy (non-hydrogen) atoms. The molecule has 1 unspecified atom stereocenters. The minimum absolute atomic E-state index is 0.246. The van der Waals surface area contributed by atoms with Gasteiger partial charge in [0.1, 0.15) is 13.1 Å². The van der Waals surface area contributed by atoms with Crippen molar-refractivity contribution in [1.82, 2.24) is 0 Å². The van der Waals surface area contributed by atoms with Gasteiger partial charge in [-0.15, -0.1) is 0 Å². The fourth-order valence-corrected chi connectivity index (χ4v) is 1.66. The molecule has 0 aromatic carbocycles. The molecule has 0 spiro atoms. The zero-order valence-electron chi connectivity index (χ0n) is 7.42. The first-order valence-corrected chi connectivity index (χ1v) is 4.33. The number of ether oxygens (including phenoxy) is 1. The van der Waals surface area contributed by atoms with Crippen LogP contribution in [0.15, 0.2) is 0 Å². The van der Waals surface area contributed by atoms with Gasteiger partial charge in [0, 0.05) is 6.92 Å². The summed E-state index contributed by atoms with van der Waals surface area (Å²) in [7, 11) is 0. The molecule has 0 aromatic rings. The van der Waals surface area contributed by atoms with E-state index in [4.69, 9.17) is 4.74 Å². The summed E-state index contributed by atoms with van der Waals surface area (Å²) in [6.07, 6.45) is -0.246. The second-order valence-corrected chi connectivity index (χ2v) is 3.23. The largest absolute Gasteiger partial charge is 0.370 e. The van der Waals surface area contributed by atoms with Gasteiger partial charge < -0.3 is 9.84 Å². The van der Waals surface area contributed by atoms with Gasteiger partial charge in [-0.2, -0.15) is 0 Å².